The molecule has 2 bridgehead atoms. The lowest BCUT2D eigenvalue weighted by molar-refractivity contribution is -0.157. The number of carbonyl (C=O) groups excluding carboxylic acids is 1. The molecule has 3 saturated heterocycles. The SMILES string of the molecule is C=CC1CN2CCC1CC2C(OC(=O)CCC1CCCC1)c1ccnc2ccc(OC)cc12. The van der Waals surface area contributed by atoms with Gasteiger partial charge in [-0.05, 0) is 67.8 Å². The maximum absolute atomic E-state index is 13.1. The Bertz CT molecular complexity index is 1000. The van der Waals surface area contributed by atoms with E-state index in [1.807, 2.05) is 30.5 Å². The van der Waals surface area contributed by atoms with Crippen molar-refractivity contribution in [3.8, 4) is 5.75 Å². The van der Waals surface area contributed by atoms with E-state index in [1.165, 1.54) is 32.1 Å². The summed E-state index contributed by atoms with van der Waals surface area (Å²) in [6.07, 6.45) is 12.5. The number of benzene rings is 1. The van der Waals surface area contributed by atoms with E-state index in [4.69, 9.17) is 9.47 Å². The van der Waals surface area contributed by atoms with Gasteiger partial charge in [-0.15, -0.1) is 6.58 Å². The van der Waals surface area contributed by atoms with Crippen molar-refractivity contribution in [1.82, 2.24) is 9.88 Å². The van der Waals surface area contributed by atoms with Crippen molar-refractivity contribution in [3.05, 3.63) is 48.7 Å². The Labute approximate surface area is 197 Å². The molecule has 5 unspecified atom stereocenters. The number of aromatic nitrogens is 1. The Kier molecular flexibility index (Phi) is 6.68. The molecule has 4 fully saturated rings. The zero-order valence-corrected chi connectivity index (χ0v) is 19.7. The third-order valence-corrected chi connectivity index (χ3v) is 8.28. The van der Waals surface area contributed by atoms with Gasteiger partial charge in [0.1, 0.15) is 11.9 Å². The Morgan fingerprint density at radius 1 is 1.27 bits per heavy atom. The molecule has 0 N–H and O–H groups in total. The summed E-state index contributed by atoms with van der Waals surface area (Å²) in [4.78, 5) is 20.2. The number of nitrogens with zero attached hydrogens (tertiary/aromatic N) is 2. The van der Waals surface area contributed by atoms with Crippen molar-refractivity contribution in [2.75, 3.05) is 20.2 Å². The minimum Gasteiger partial charge on any atom is -0.497 e. The second-order valence-corrected chi connectivity index (χ2v) is 10.1. The van der Waals surface area contributed by atoms with E-state index in [-0.39, 0.29) is 18.1 Å². The quantitative estimate of drug-likeness (QED) is 0.383. The molecule has 6 rings (SSSR count). The number of fused-ring (bicyclic) bond motifs is 4. The molecular weight excluding hydrogens is 412 g/mol. The number of piperidine rings is 3. The number of methoxy groups -OCH3 is 1. The summed E-state index contributed by atoms with van der Waals surface area (Å²) in [5, 5.41) is 1.01. The van der Waals surface area contributed by atoms with Crippen LogP contribution in [-0.2, 0) is 9.53 Å². The fourth-order valence-corrected chi connectivity index (χ4v) is 6.38. The minimum atomic E-state index is -0.299. The number of rotatable bonds is 8. The third kappa shape index (κ3) is 4.65. The van der Waals surface area contributed by atoms with Crippen molar-refractivity contribution in [3.63, 3.8) is 0 Å². The van der Waals surface area contributed by atoms with Crippen molar-refractivity contribution in [2.45, 2.75) is 63.5 Å². The highest BCUT2D eigenvalue weighted by Gasteiger charge is 2.44. The van der Waals surface area contributed by atoms with Gasteiger partial charge in [-0.25, -0.2) is 0 Å². The van der Waals surface area contributed by atoms with Crippen LogP contribution in [0.4, 0.5) is 0 Å². The molecule has 5 atom stereocenters. The van der Waals surface area contributed by atoms with E-state index in [0.29, 0.717) is 24.2 Å². The Hall–Kier alpha value is -2.40. The number of ether oxygens (including phenoxy) is 2. The standard InChI is InChI=1S/C28H36N2O3/c1-3-20-18-30-15-13-21(20)16-26(30)28(33-27(31)11-8-19-6-4-5-7-19)23-12-14-29-25-10-9-22(32-2)17-24(23)25/h3,9-10,12,14,17,19-21,26,28H,1,4-8,11,13,15-16,18H2,2H3. The number of esters is 1. The monoisotopic (exact) mass is 448 g/mol. The van der Waals surface area contributed by atoms with E-state index in [2.05, 4.69) is 22.5 Å². The highest BCUT2D eigenvalue weighted by Crippen LogP contribution is 2.44. The summed E-state index contributed by atoms with van der Waals surface area (Å²) in [5.41, 5.74) is 1.95. The molecule has 3 aliphatic heterocycles. The van der Waals surface area contributed by atoms with E-state index in [9.17, 15) is 4.79 Å². The largest absolute Gasteiger partial charge is 0.497 e. The predicted octanol–water partition coefficient (Wildman–Crippen LogP) is 5.69. The molecule has 0 radical (unpaired) electrons. The first-order chi connectivity index (χ1) is 16.2. The fraction of sp³-hybridized carbons (Fsp3) is 0.571. The molecule has 1 aliphatic carbocycles. The number of carbonyl (C=O) groups is 1. The Morgan fingerprint density at radius 3 is 2.85 bits per heavy atom. The number of hydrogen-bond acceptors (Lipinski definition) is 5. The summed E-state index contributed by atoms with van der Waals surface area (Å²) < 4.78 is 11.9. The van der Waals surface area contributed by atoms with Gasteiger partial charge in [0.05, 0.1) is 18.7 Å². The van der Waals surface area contributed by atoms with Crippen molar-refractivity contribution < 1.29 is 14.3 Å². The second kappa shape index (κ2) is 9.84. The van der Waals surface area contributed by atoms with Crippen molar-refractivity contribution >= 4 is 16.9 Å². The van der Waals surface area contributed by atoms with Crippen LogP contribution in [0.1, 0.15) is 63.0 Å². The summed E-state index contributed by atoms with van der Waals surface area (Å²) >= 11 is 0. The predicted molar refractivity (Wildman–Crippen MR) is 130 cm³/mol. The molecular formula is C28H36N2O3. The molecule has 0 spiro atoms. The van der Waals surface area contributed by atoms with Gasteiger partial charge >= 0.3 is 5.97 Å². The molecule has 1 aromatic heterocycles. The van der Waals surface area contributed by atoms with Crippen molar-refractivity contribution in [1.29, 1.82) is 0 Å². The average Bonchev–Trinajstić information content (AvgIpc) is 3.39. The zero-order chi connectivity index (χ0) is 22.8. The van der Waals surface area contributed by atoms with Gasteiger partial charge in [0, 0.05) is 30.1 Å². The van der Waals surface area contributed by atoms with Crippen LogP contribution in [0.3, 0.4) is 0 Å². The van der Waals surface area contributed by atoms with Gasteiger partial charge in [-0.2, -0.15) is 0 Å². The summed E-state index contributed by atoms with van der Waals surface area (Å²) in [6, 6.07) is 8.16. The van der Waals surface area contributed by atoms with Crippen LogP contribution < -0.4 is 4.74 Å². The molecule has 4 aliphatic rings. The van der Waals surface area contributed by atoms with Crippen LogP contribution in [0.2, 0.25) is 0 Å². The van der Waals surface area contributed by atoms with E-state index in [0.717, 1.165) is 48.1 Å². The second-order valence-electron chi connectivity index (χ2n) is 10.1. The lowest BCUT2D eigenvalue weighted by atomic mass is 9.73. The normalized spacial score (nSPS) is 28.0. The van der Waals surface area contributed by atoms with Gasteiger partial charge in [-0.3, -0.25) is 14.7 Å². The lowest BCUT2D eigenvalue weighted by Gasteiger charge is -2.51. The summed E-state index contributed by atoms with van der Waals surface area (Å²) in [7, 11) is 1.68. The van der Waals surface area contributed by atoms with Crippen LogP contribution >= 0.6 is 0 Å². The number of pyridine rings is 1. The van der Waals surface area contributed by atoms with Gasteiger partial charge < -0.3 is 9.47 Å². The van der Waals surface area contributed by atoms with Crippen LogP contribution in [0.5, 0.6) is 5.75 Å². The molecule has 1 aromatic carbocycles. The van der Waals surface area contributed by atoms with Gasteiger partial charge in [0.15, 0.2) is 0 Å². The first-order valence-electron chi connectivity index (χ1n) is 12.6. The van der Waals surface area contributed by atoms with Crippen LogP contribution in [0.15, 0.2) is 43.1 Å². The zero-order valence-electron chi connectivity index (χ0n) is 19.7. The topological polar surface area (TPSA) is 51.7 Å². The number of hydrogen-bond donors (Lipinski definition) is 0. The molecule has 33 heavy (non-hydrogen) atoms. The molecule has 2 aromatic rings. The summed E-state index contributed by atoms with van der Waals surface area (Å²) in [5.74, 6) is 2.55. The van der Waals surface area contributed by atoms with Crippen LogP contribution in [-0.4, -0.2) is 42.1 Å². The molecule has 4 heterocycles. The third-order valence-electron chi connectivity index (χ3n) is 8.28. The van der Waals surface area contributed by atoms with E-state index in [1.54, 1.807) is 7.11 Å². The first kappa shape index (κ1) is 22.4. The molecule has 5 nitrogen and oxygen atoms in total. The van der Waals surface area contributed by atoms with Gasteiger partial charge in [0.2, 0.25) is 0 Å². The van der Waals surface area contributed by atoms with Gasteiger partial charge in [0.25, 0.3) is 0 Å². The minimum absolute atomic E-state index is 0.0670. The lowest BCUT2D eigenvalue weighted by Crippen LogP contribution is -2.55. The molecule has 5 heteroatoms. The highest BCUT2D eigenvalue weighted by molar-refractivity contribution is 5.84. The van der Waals surface area contributed by atoms with Crippen LogP contribution in [0.25, 0.3) is 10.9 Å². The Balaban J connectivity index is 1.45. The highest BCUT2D eigenvalue weighted by atomic mass is 16.5. The first-order valence-corrected chi connectivity index (χ1v) is 12.6. The maximum atomic E-state index is 13.1. The fourth-order valence-electron chi connectivity index (χ4n) is 6.38. The van der Waals surface area contributed by atoms with Crippen LogP contribution in [0, 0.1) is 17.8 Å². The van der Waals surface area contributed by atoms with Gasteiger partial charge in [-0.1, -0.05) is 31.8 Å². The average molecular weight is 449 g/mol. The molecule has 1 saturated carbocycles. The summed E-state index contributed by atoms with van der Waals surface area (Å²) in [6.45, 7) is 6.13. The molecule has 176 valence electrons. The Morgan fingerprint density at radius 2 is 2.12 bits per heavy atom. The van der Waals surface area contributed by atoms with E-state index < -0.39 is 0 Å². The smallest absolute Gasteiger partial charge is 0.306 e. The van der Waals surface area contributed by atoms with E-state index >= 15 is 0 Å². The maximum Gasteiger partial charge on any atom is 0.306 e. The van der Waals surface area contributed by atoms with Crippen molar-refractivity contribution in [2.24, 2.45) is 17.8 Å². The molecule has 0 amide bonds.